The van der Waals surface area contributed by atoms with Gasteiger partial charge in [0, 0.05) is 38.8 Å². The maximum atomic E-state index is 5.74. The Hall–Kier alpha value is -2.57. The second-order valence-corrected chi connectivity index (χ2v) is 13.9. The first-order chi connectivity index (χ1) is 14.0. The van der Waals surface area contributed by atoms with Crippen LogP contribution in [0.2, 0.25) is 25.7 Å². The van der Waals surface area contributed by atoms with Gasteiger partial charge in [-0.2, -0.15) is 0 Å². The second-order valence-electron chi connectivity index (χ2n) is 8.31. The Labute approximate surface area is 174 Å². The summed E-state index contributed by atoms with van der Waals surface area (Å²) in [6.07, 6.45) is 2.70. The number of aromatic nitrogens is 3. The lowest BCUT2D eigenvalue weighted by atomic mass is 10.0. The summed E-state index contributed by atoms with van der Waals surface area (Å²) >= 11 is 0. The molecule has 0 aliphatic carbocycles. The summed E-state index contributed by atoms with van der Waals surface area (Å²) in [6, 6.07) is 21.8. The van der Waals surface area contributed by atoms with E-state index < -0.39 is 8.07 Å². The molecule has 0 atom stereocenters. The third-order valence-corrected chi connectivity index (χ3v) is 6.24. The van der Waals surface area contributed by atoms with E-state index in [2.05, 4.69) is 54.2 Å². The van der Waals surface area contributed by atoms with E-state index in [0.29, 0.717) is 13.3 Å². The number of benzene rings is 2. The van der Waals surface area contributed by atoms with Crippen molar-refractivity contribution in [3.05, 3.63) is 83.7 Å². The van der Waals surface area contributed by atoms with Gasteiger partial charge in [0.2, 0.25) is 0 Å². The summed E-state index contributed by atoms with van der Waals surface area (Å²) in [5, 5.41) is 8.43. The van der Waals surface area contributed by atoms with Gasteiger partial charge in [0.25, 0.3) is 0 Å². The lowest BCUT2D eigenvalue weighted by molar-refractivity contribution is 0.0772. The smallest absolute Gasteiger partial charge is 0.141 e. The van der Waals surface area contributed by atoms with E-state index >= 15 is 0 Å². The molecule has 0 amide bonds. The molecular weight excluding hydrogens is 376 g/mol. The molecule has 5 nitrogen and oxygen atoms in total. The summed E-state index contributed by atoms with van der Waals surface area (Å²) in [5.41, 5.74) is 4.19. The predicted octanol–water partition coefficient (Wildman–Crippen LogP) is 4.67. The van der Waals surface area contributed by atoms with Crippen molar-refractivity contribution in [2.24, 2.45) is 4.99 Å². The maximum Gasteiger partial charge on any atom is 0.141 e. The van der Waals surface area contributed by atoms with Crippen LogP contribution in [0.15, 0.2) is 71.9 Å². The molecule has 29 heavy (non-hydrogen) atoms. The molecule has 0 bridgehead atoms. The van der Waals surface area contributed by atoms with Crippen LogP contribution in [0.1, 0.15) is 16.8 Å². The molecule has 0 aliphatic heterocycles. The first-order valence-corrected chi connectivity index (χ1v) is 13.8. The molecule has 0 saturated carbocycles. The van der Waals surface area contributed by atoms with Crippen molar-refractivity contribution >= 4 is 13.8 Å². The van der Waals surface area contributed by atoms with Gasteiger partial charge in [0.1, 0.15) is 6.73 Å². The normalized spacial score (nSPS) is 11.4. The zero-order chi connectivity index (χ0) is 20.5. The van der Waals surface area contributed by atoms with Gasteiger partial charge in [0.15, 0.2) is 0 Å². The van der Waals surface area contributed by atoms with Gasteiger partial charge in [-0.1, -0.05) is 85.5 Å². The Balaban J connectivity index is 1.58. The molecule has 6 heteroatoms. The van der Waals surface area contributed by atoms with E-state index in [9.17, 15) is 0 Å². The van der Waals surface area contributed by atoms with E-state index in [1.165, 1.54) is 0 Å². The van der Waals surface area contributed by atoms with Crippen LogP contribution in [-0.4, -0.2) is 41.9 Å². The van der Waals surface area contributed by atoms with Crippen LogP contribution in [0.5, 0.6) is 0 Å². The van der Waals surface area contributed by atoms with Gasteiger partial charge in [-0.25, -0.2) is 4.68 Å². The average Bonchev–Trinajstić information content (AvgIpc) is 3.17. The van der Waals surface area contributed by atoms with E-state index in [1.807, 2.05) is 42.6 Å². The van der Waals surface area contributed by atoms with Crippen molar-refractivity contribution in [2.75, 3.05) is 13.2 Å². The summed E-state index contributed by atoms with van der Waals surface area (Å²) in [6.45, 7) is 8.96. The second kappa shape index (κ2) is 10.3. The minimum Gasteiger partial charge on any atom is -0.359 e. The molecule has 1 aromatic heterocycles. The van der Waals surface area contributed by atoms with Crippen molar-refractivity contribution in [3.8, 4) is 0 Å². The van der Waals surface area contributed by atoms with Crippen molar-refractivity contribution in [1.82, 2.24) is 15.0 Å². The standard InChI is InChI=1S/C23H30N4OSi/c1-29(2,3)17-16-28-19-27-18-22(25-26-27)14-15-24-23(20-10-6-4-7-11-20)21-12-8-5-9-13-21/h4-13,18H,14-17,19H2,1-3H3. The molecule has 3 rings (SSSR count). The molecule has 0 fully saturated rings. The van der Waals surface area contributed by atoms with Crippen LogP contribution in [0, 0.1) is 0 Å². The lowest BCUT2D eigenvalue weighted by Crippen LogP contribution is -2.22. The lowest BCUT2D eigenvalue weighted by Gasteiger charge is -2.15. The highest BCUT2D eigenvalue weighted by Gasteiger charge is 2.12. The topological polar surface area (TPSA) is 52.3 Å². The van der Waals surface area contributed by atoms with Crippen molar-refractivity contribution < 1.29 is 4.74 Å². The van der Waals surface area contributed by atoms with Crippen LogP contribution >= 0.6 is 0 Å². The fraction of sp³-hybridized carbons (Fsp3) is 0.348. The van der Waals surface area contributed by atoms with Crippen molar-refractivity contribution in [2.45, 2.75) is 38.8 Å². The van der Waals surface area contributed by atoms with Gasteiger partial charge in [0.05, 0.1) is 17.6 Å². The van der Waals surface area contributed by atoms with Crippen molar-refractivity contribution in [1.29, 1.82) is 0 Å². The number of rotatable bonds is 10. The summed E-state index contributed by atoms with van der Waals surface area (Å²) in [5.74, 6) is 0. The Morgan fingerprint density at radius 2 is 1.59 bits per heavy atom. The molecule has 3 aromatic rings. The van der Waals surface area contributed by atoms with Gasteiger partial charge in [-0.3, -0.25) is 4.99 Å². The van der Waals surface area contributed by atoms with Crippen LogP contribution in [0.4, 0.5) is 0 Å². The van der Waals surface area contributed by atoms with E-state index in [0.717, 1.165) is 41.6 Å². The monoisotopic (exact) mass is 406 g/mol. The third kappa shape index (κ3) is 7.07. The SMILES string of the molecule is C[Si](C)(C)CCOCn1cc(CCN=C(c2ccccc2)c2ccccc2)nn1. The molecule has 0 N–H and O–H groups in total. The number of hydrogen-bond acceptors (Lipinski definition) is 4. The molecule has 0 aliphatic rings. The van der Waals surface area contributed by atoms with Crippen LogP contribution in [0.25, 0.3) is 0 Å². The van der Waals surface area contributed by atoms with Gasteiger partial charge < -0.3 is 4.74 Å². The zero-order valence-electron chi connectivity index (χ0n) is 17.6. The Morgan fingerprint density at radius 1 is 0.966 bits per heavy atom. The van der Waals surface area contributed by atoms with Crippen LogP contribution in [-0.2, 0) is 17.9 Å². The molecular formula is C23H30N4OSi. The zero-order valence-corrected chi connectivity index (χ0v) is 18.6. The van der Waals surface area contributed by atoms with Gasteiger partial charge in [-0.15, -0.1) is 5.10 Å². The Kier molecular flexibility index (Phi) is 7.49. The molecule has 1 heterocycles. The fourth-order valence-corrected chi connectivity index (χ4v) is 3.63. The number of ether oxygens (including phenoxy) is 1. The molecule has 0 unspecified atom stereocenters. The minimum atomic E-state index is -1.06. The fourth-order valence-electron chi connectivity index (χ4n) is 2.88. The number of nitrogens with zero attached hydrogens (tertiary/aromatic N) is 4. The van der Waals surface area contributed by atoms with E-state index in [4.69, 9.17) is 9.73 Å². The molecule has 0 saturated heterocycles. The highest BCUT2D eigenvalue weighted by Crippen LogP contribution is 2.11. The number of hydrogen-bond donors (Lipinski definition) is 0. The number of aliphatic imine (C=N–C) groups is 1. The predicted molar refractivity (Wildman–Crippen MR) is 121 cm³/mol. The largest absolute Gasteiger partial charge is 0.359 e. The summed E-state index contributed by atoms with van der Waals surface area (Å²) in [7, 11) is -1.06. The summed E-state index contributed by atoms with van der Waals surface area (Å²) in [4.78, 5) is 4.88. The molecule has 0 spiro atoms. The highest BCUT2D eigenvalue weighted by molar-refractivity contribution is 6.76. The molecule has 152 valence electrons. The van der Waals surface area contributed by atoms with Crippen molar-refractivity contribution in [3.63, 3.8) is 0 Å². The molecule has 0 radical (unpaired) electrons. The van der Waals surface area contributed by atoms with Gasteiger partial charge >= 0.3 is 0 Å². The minimum absolute atomic E-state index is 0.458. The first-order valence-electron chi connectivity index (χ1n) is 10.1. The molecule has 2 aromatic carbocycles. The van der Waals surface area contributed by atoms with E-state index in [-0.39, 0.29) is 0 Å². The van der Waals surface area contributed by atoms with Gasteiger partial charge in [-0.05, 0) is 6.04 Å². The maximum absolute atomic E-state index is 5.74. The quantitative estimate of drug-likeness (QED) is 0.279. The highest BCUT2D eigenvalue weighted by atomic mass is 28.3. The first kappa shape index (κ1) is 21.1. The summed E-state index contributed by atoms with van der Waals surface area (Å²) < 4.78 is 7.50. The average molecular weight is 407 g/mol. The van der Waals surface area contributed by atoms with Crippen LogP contribution < -0.4 is 0 Å². The van der Waals surface area contributed by atoms with Crippen LogP contribution in [0.3, 0.4) is 0 Å². The van der Waals surface area contributed by atoms with E-state index in [1.54, 1.807) is 4.68 Å². The Bertz CT molecular complexity index is 860. The Morgan fingerprint density at radius 3 is 2.17 bits per heavy atom. The third-order valence-electron chi connectivity index (χ3n) is 4.54.